The van der Waals surface area contributed by atoms with Crippen molar-refractivity contribution in [2.45, 2.75) is 18.2 Å². The number of aliphatic hydroxyl groups is 1. The minimum absolute atomic E-state index is 0.290. The average molecular weight is 317 g/mol. The van der Waals surface area contributed by atoms with Gasteiger partial charge in [-0.05, 0) is 42.0 Å². The van der Waals surface area contributed by atoms with E-state index in [2.05, 4.69) is 60.0 Å². The van der Waals surface area contributed by atoms with Crippen molar-refractivity contribution < 1.29 is 9.84 Å². The first-order chi connectivity index (χ1) is 11.8. The number of rotatable bonds is 4. The SMILES string of the molecule is C=CC(O)Oc1ccc(N2c3ccccc3C3C=CC=CC32)cc1. The van der Waals surface area contributed by atoms with Gasteiger partial charge in [0, 0.05) is 17.3 Å². The highest BCUT2D eigenvalue weighted by atomic mass is 16.6. The lowest BCUT2D eigenvalue weighted by Gasteiger charge is -2.28. The van der Waals surface area contributed by atoms with E-state index >= 15 is 0 Å². The highest BCUT2D eigenvalue weighted by Crippen LogP contribution is 2.47. The number of hydrogen-bond donors (Lipinski definition) is 1. The lowest BCUT2D eigenvalue weighted by Crippen LogP contribution is -2.28. The minimum Gasteiger partial charge on any atom is -0.461 e. The number of hydrogen-bond acceptors (Lipinski definition) is 3. The van der Waals surface area contributed by atoms with Crippen LogP contribution in [0.1, 0.15) is 11.5 Å². The number of allylic oxidation sites excluding steroid dienone is 2. The molecule has 0 aromatic heterocycles. The Balaban J connectivity index is 1.69. The molecule has 0 spiro atoms. The molecule has 0 amide bonds. The normalized spacial score (nSPS) is 22.0. The zero-order valence-electron chi connectivity index (χ0n) is 13.2. The average Bonchev–Trinajstić information content (AvgIpc) is 2.97. The number of benzene rings is 2. The molecule has 24 heavy (non-hydrogen) atoms. The molecule has 2 aliphatic rings. The highest BCUT2D eigenvalue weighted by Gasteiger charge is 2.36. The van der Waals surface area contributed by atoms with Gasteiger partial charge in [0.1, 0.15) is 5.75 Å². The molecule has 3 heteroatoms. The number of para-hydroxylation sites is 1. The van der Waals surface area contributed by atoms with Gasteiger partial charge in [-0.15, -0.1) is 0 Å². The molecule has 0 saturated heterocycles. The molecule has 4 rings (SSSR count). The van der Waals surface area contributed by atoms with Gasteiger partial charge in [0.05, 0.1) is 6.04 Å². The van der Waals surface area contributed by atoms with Crippen LogP contribution < -0.4 is 9.64 Å². The second kappa shape index (κ2) is 6.02. The van der Waals surface area contributed by atoms with Gasteiger partial charge in [-0.3, -0.25) is 0 Å². The molecule has 2 aromatic carbocycles. The second-order valence-electron chi connectivity index (χ2n) is 5.95. The molecular formula is C21H19NO2. The van der Waals surface area contributed by atoms with Crippen molar-refractivity contribution in [2.24, 2.45) is 0 Å². The van der Waals surface area contributed by atoms with Crippen molar-refractivity contribution in [3.63, 3.8) is 0 Å². The van der Waals surface area contributed by atoms with Crippen LogP contribution in [0.3, 0.4) is 0 Å². The molecule has 1 heterocycles. The molecule has 1 aliphatic heterocycles. The summed E-state index contributed by atoms with van der Waals surface area (Å²) >= 11 is 0. The van der Waals surface area contributed by atoms with Gasteiger partial charge < -0.3 is 14.7 Å². The zero-order valence-corrected chi connectivity index (χ0v) is 13.2. The van der Waals surface area contributed by atoms with E-state index in [1.807, 2.05) is 24.3 Å². The Morgan fingerprint density at radius 1 is 1.04 bits per heavy atom. The summed E-state index contributed by atoms with van der Waals surface area (Å²) in [5, 5.41) is 9.51. The molecule has 0 fully saturated rings. The zero-order chi connectivity index (χ0) is 16.5. The monoisotopic (exact) mass is 317 g/mol. The summed E-state index contributed by atoms with van der Waals surface area (Å²) in [6.45, 7) is 3.51. The number of anilines is 2. The van der Waals surface area contributed by atoms with Crippen LogP contribution in [0, 0.1) is 0 Å². The van der Waals surface area contributed by atoms with Gasteiger partial charge in [-0.25, -0.2) is 0 Å². The van der Waals surface area contributed by atoms with E-state index < -0.39 is 6.29 Å². The van der Waals surface area contributed by atoms with E-state index in [1.165, 1.54) is 17.3 Å². The Morgan fingerprint density at radius 2 is 1.79 bits per heavy atom. The minimum atomic E-state index is -0.987. The van der Waals surface area contributed by atoms with Crippen LogP contribution >= 0.6 is 0 Å². The fourth-order valence-corrected chi connectivity index (χ4v) is 3.46. The van der Waals surface area contributed by atoms with Gasteiger partial charge in [0.2, 0.25) is 6.29 Å². The van der Waals surface area contributed by atoms with Crippen LogP contribution in [0.25, 0.3) is 0 Å². The van der Waals surface area contributed by atoms with Crippen molar-refractivity contribution in [1.82, 2.24) is 0 Å². The number of nitrogens with zero attached hydrogens (tertiary/aromatic N) is 1. The summed E-state index contributed by atoms with van der Waals surface area (Å²) in [7, 11) is 0. The van der Waals surface area contributed by atoms with Gasteiger partial charge in [-0.1, -0.05) is 49.1 Å². The fraction of sp³-hybridized carbons (Fsp3) is 0.143. The first-order valence-corrected chi connectivity index (χ1v) is 8.08. The third-order valence-electron chi connectivity index (χ3n) is 4.53. The fourth-order valence-electron chi connectivity index (χ4n) is 3.46. The Hall–Kier alpha value is -2.78. The molecule has 2 aromatic rings. The van der Waals surface area contributed by atoms with E-state index in [0.29, 0.717) is 11.7 Å². The Labute approximate surface area is 141 Å². The number of fused-ring (bicyclic) bond motifs is 3. The van der Waals surface area contributed by atoms with E-state index in [9.17, 15) is 5.11 Å². The standard InChI is InChI=1S/C21H19NO2/c1-2-21(23)24-16-13-11-15(12-14-16)22-19-9-5-3-7-17(19)18-8-4-6-10-20(18)22/h2-14,17,19,21,23H,1H2. The van der Waals surface area contributed by atoms with E-state index in [-0.39, 0.29) is 6.04 Å². The van der Waals surface area contributed by atoms with E-state index in [4.69, 9.17) is 4.74 Å². The summed E-state index contributed by atoms with van der Waals surface area (Å²) < 4.78 is 5.35. The first kappa shape index (κ1) is 14.8. The van der Waals surface area contributed by atoms with Gasteiger partial charge >= 0.3 is 0 Å². The topological polar surface area (TPSA) is 32.7 Å². The number of ether oxygens (including phenoxy) is 1. The Morgan fingerprint density at radius 3 is 2.58 bits per heavy atom. The van der Waals surface area contributed by atoms with Crippen molar-refractivity contribution in [1.29, 1.82) is 0 Å². The summed E-state index contributed by atoms with van der Waals surface area (Å²) in [5.41, 5.74) is 3.70. The van der Waals surface area contributed by atoms with Crippen molar-refractivity contribution in [3.8, 4) is 5.75 Å². The van der Waals surface area contributed by atoms with Crippen LogP contribution in [0.2, 0.25) is 0 Å². The Bertz CT molecular complexity index is 807. The lowest BCUT2D eigenvalue weighted by molar-refractivity contribution is 0.0251. The number of aliphatic hydroxyl groups excluding tert-OH is 1. The predicted molar refractivity (Wildman–Crippen MR) is 96.7 cm³/mol. The summed E-state index contributed by atoms with van der Waals surface area (Å²) in [6, 6.07) is 16.6. The summed E-state index contributed by atoms with van der Waals surface area (Å²) in [6.07, 6.45) is 9.11. The maximum Gasteiger partial charge on any atom is 0.216 e. The van der Waals surface area contributed by atoms with Gasteiger partial charge in [-0.2, -0.15) is 0 Å². The molecule has 1 N–H and O–H groups in total. The van der Waals surface area contributed by atoms with Crippen LogP contribution in [0.5, 0.6) is 5.75 Å². The predicted octanol–water partition coefficient (Wildman–Crippen LogP) is 4.30. The molecule has 0 bridgehead atoms. The molecule has 3 unspecified atom stereocenters. The van der Waals surface area contributed by atoms with E-state index in [0.717, 1.165) is 5.69 Å². The molecule has 3 atom stereocenters. The maximum atomic E-state index is 9.51. The Kier molecular flexibility index (Phi) is 3.71. The molecular weight excluding hydrogens is 298 g/mol. The van der Waals surface area contributed by atoms with Gasteiger partial charge in [0.15, 0.2) is 0 Å². The first-order valence-electron chi connectivity index (χ1n) is 8.08. The summed E-state index contributed by atoms with van der Waals surface area (Å²) in [4.78, 5) is 2.35. The second-order valence-corrected chi connectivity index (χ2v) is 5.95. The third-order valence-corrected chi connectivity index (χ3v) is 4.53. The smallest absolute Gasteiger partial charge is 0.216 e. The van der Waals surface area contributed by atoms with Crippen LogP contribution in [-0.4, -0.2) is 17.4 Å². The maximum absolute atomic E-state index is 9.51. The highest BCUT2D eigenvalue weighted by molar-refractivity contribution is 5.75. The van der Waals surface area contributed by atoms with Gasteiger partial charge in [0.25, 0.3) is 0 Å². The van der Waals surface area contributed by atoms with Crippen LogP contribution in [0.4, 0.5) is 11.4 Å². The molecule has 1 aliphatic carbocycles. The summed E-state index contributed by atoms with van der Waals surface area (Å²) in [5.74, 6) is 0.999. The van der Waals surface area contributed by atoms with Crippen molar-refractivity contribution >= 4 is 11.4 Å². The third kappa shape index (κ3) is 2.43. The molecule has 0 saturated carbocycles. The van der Waals surface area contributed by atoms with Crippen molar-refractivity contribution in [3.05, 3.63) is 91.1 Å². The lowest BCUT2D eigenvalue weighted by atomic mass is 9.91. The van der Waals surface area contributed by atoms with Crippen LogP contribution in [0.15, 0.2) is 85.5 Å². The van der Waals surface area contributed by atoms with Crippen LogP contribution in [-0.2, 0) is 0 Å². The quantitative estimate of drug-likeness (QED) is 0.674. The largest absolute Gasteiger partial charge is 0.461 e. The molecule has 3 nitrogen and oxygen atoms in total. The van der Waals surface area contributed by atoms with Crippen molar-refractivity contribution in [2.75, 3.05) is 4.90 Å². The molecule has 120 valence electrons. The van der Waals surface area contributed by atoms with E-state index in [1.54, 1.807) is 0 Å². The molecule has 0 radical (unpaired) electrons.